The highest BCUT2D eigenvalue weighted by Crippen LogP contribution is 2.30. The van der Waals surface area contributed by atoms with Crippen LogP contribution in [0.25, 0.3) is 0 Å². The second-order valence-electron chi connectivity index (χ2n) is 13.1. The molecule has 0 aromatic heterocycles. The summed E-state index contributed by atoms with van der Waals surface area (Å²) in [6.45, 7) is -1.00. The molecule has 0 saturated heterocycles. The van der Waals surface area contributed by atoms with Crippen molar-refractivity contribution in [2.75, 3.05) is 87.4 Å². The third-order valence-electron chi connectivity index (χ3n) is 6.75. The third kappa shape index (κ3) is 99.7. The van der Waals surface area contributed by atoms with Crippen molar-refractivity contribution in [3.8, 4) is 0 Å². The number of carboxylic acids is 6. The average molecular weight is 1150 g/mol. The van der Waals surface area contributed by atoms with Gasteiger partial charge in [-0.05, 0) is 6.42 Å². The Balaban J connectivity index is -0.0000000820. The Kier molecular flexibility index (Phi) is 87.4. The van der Waals surface area contributed by atoms with Crippen LogP contribution >= 0.6 is 114 Å². The minimum absolute atomic E-state index is 0.156. The van der Waals surface area contributed by atoms with Crippen molar-refractivity contribution >= 4 is 149 Å². The number of unbranched alkanes of at least 4 members (excludes halogenated alkanes) is 6. The maximum atomic E-state index is 9.55. The van der Waals surface area contributed by atoms with Crippen molar-refractivity contribution in [3.05, 3.63) is 0 Å². The number of carboxylic acid groups (broad SMARTS) is 6. The lowest BCUT2D eigenvalue weighted by atomic mass is 9.93. The van der Waals surface area contributed by atoms with Crippen LogP contribution in [0.2, 0.25) is 0 Å². The third-order valence-corrected chi connectivity index (χ3v) is 8.77. The van der Waals surface area contributed by atoms with Crippen molar-refractivity contribution in [2.24, 2.45) is 10.8 Å². The van der Waals surface area contributed by atoms with E-state index in [2.05, 4.69) is 121 Å². The summed E-state index contributed by atoms with van der Waals surface area (Å²) in [5.74, 6) is -2.17. The molecule has 0 atom stereocenters. The Morgan fingerprint density at radius 1 is 0.328 bits per heavy atom. The molecule has 0 aliphatic carbocycles. The van der Waals surface area contributed by atoms with Gasteiger partial charge in [-0.3, -0.25) is 28.8 Å². The van der Waals surface area contributed by atoms with Gasteiger partial charge in [0, 0.05) is 34.5 Å². The van der Waals surface area contributed by atoms with Gasteiger partial charge in [0.2, 0.25) is 0 Å². The Bertz CT molecular complexity index is 910. The Labute approximate surface area is 445 Å². The normalized spacial score (nSPS) is 9.94. The van der Waals surface area contributed by atoms with Crippen LogP contribution in [-0.2, 0) is 28.8 Å². The van der Waals surface area contributed by atoms with Crippen LogP contribution in [0.15, 0.2) is 0 Å². The number of rotatable bonds is 28. The molecule has 0 saturated carbocycles. The summed E-state index contributed by atoms with van der Waals surface area (Å²) in [4.78, 5) is 57.3. The zero-order chi connectivity index (χ0) is 54.8. The fourth-order valence-electron chi connectivity index (χ4n) is 2.49. The monoisotopic (exact) mass is 1150 g/mol. The van der Waals surface area contributed by atoms with Gasteiger partial charge in [0.25, 0.3) is 0 Å². The van der Waals surface area contributed by atoms with Gasteiger partial charge < -0.3 is 71.5 Å². The zero-order valence-corrected chi connectivity index (χ0v) is 46.1. The highest BCUT2D eigenvalue weighted by Gasteiger charge is 2.27. The molecule has 0 aliphatic rings. The summed E-state index contributed by atoms with van der Waals surface area (Å²) in [7, 11) is 0. The lowest BCUT2D eigenvalue weighted by Gasteiger charge is -2.23. The second-order valence-corrected chi connectivity index (χ2v) is 19.1. The minimum atomic E-state index is -1.11. The summed E-state index contributed by atoms with van der Waals surface area (Å²) in [6.07, 6.45) is 11.3. The molecular formula is C38H82O20S9. The zero-order valence-electron chi connectivity index (χ0n) is 38.0. The van der Waals surface area contributed by atoms with E-state index in [-0.39, 0.29) is 41.9 Å². The molecule has 67 heavy (non-hydrogen) atoms. The van der Waals surface area contributed by atoms with E-state index in [1.807, 2.05) is 0 Å². The first-order valence-corrected chi connectivity index (χ1v) is 25.3. The molecule has 0 fully saturated rings. The summed E-state index contributed by atoms with van der Waals surface area (Å²) < 4.78 is -0.372. The average Bonchev–Trinajstić information content (AvgIpc) is 3.24. The van der Waals surface area contributed by atoms with Crippen LogP contribution in [0.1, 0.15) is 96.8 Å². The quantitative estimate of drug-likeness (QED) is 0.0304. The predicted octanol–water partition coefficient (Wildman–Crippen LogP) is 2.80. The molecule has 0 bridgehead atoms. The highest BCUT2D eigenvalue weighted by atomic mass is 32.2. The molecule has 0 heterocycles. The van der Waals surface area contributed by atoms with Crippen LogP contribution in [0.5, 0.6) is 0 Å². The standard InChI is InChI=1S/C10H22S3.2C5H12O4.6C3H6O2S/c1-2-3-4-5-6-7-8-9-10(11,12)13;2*6-1-5(2-7,3-8)4-9;6*4-3(5)1-2-6/h11-13H,2-9H2,1H3;2*6-9H,1-4H2;6*6H,1-2H2,(H,4,5). The van der Waals surface area contributed by atoms with Crippen molar-refractivity contribution in [2.45, 2.75) is 100 Å². The molecule has 0 radical (unpaired) electrons. The molecule has 29 heteroatoms. The van der Waals surface area contributed by atoms with E-state index in [0.717, 1.165) is 6.42 Å². The van der Waals surface area contributed by atoms with Crippen molar-refractivity contribution in [3.63, 3.8) is 0 Å². The molecule has 0 aromatic carbocycles. The molecule has 408 valence electrons. The second kappa shape index (κ2) is 67.7. The molecule has 0 unspecified atom stereocenters. The van der Waals surface area contributed by atoms with Crippen molar-refractivity contribution in [1.29, 1.82) is 0 Å². The largest absolute Gasteiger partial charge is 0.481 e. The van der Waals surface area contributed by atoms with Gasteiger partial charge in [-0.1, -0.05) is 51.9 Å². The Morgan fingerprint density at radius 2 is 0.493 bits per heavy atom. The predicted molar refractivity (Wildman–Crippen MR) is 290 cm³/mol. The van der Waals surface area contributed by atoms with Crippen LogP contribution in [0.3, 0.4) is 0 Å². The number of aliphatic carboxylic acids is 6. The van der Waals surface area contributed by atoms with E-state index in [9.17, 15) is 28.8 Å². The summed E-state index contributed by atoms with van der Waals surface area (Å²) >= 11 is 34.8. The summed E-state index contributed by atoms with van der Waals surface area (Å²) in [5.41, 5.74) is -2.22. The molecule has 20 nitrogen and oxygen atoms in total. The van der Waals surface area contributed by atoms with Gasteiger partial charge in [0.05, 0.1) is 106 Å². The first kappa shape index (κ1) is 86.4. The van der Waals surface area contributed by atoms with E-state index in [0.29, 0.717) is 34.5 Å². The number of hydrogen-bond donors (Lipinski definition) is 23. The number of aliphatic hydroxyl groups is 8. The minimum Gasteiger partial charge on any atom is -0.481 e. The number of aliphatic hydroxyl groups excluding tert-OH is 8. The smallest absolute Gasteiger partial charge is 0.304 e. The fourth-order valence-corrected chi connectivity index (χ4v) is 4.12. The van der Waals surface area contributed by atoms with Gasteiger partial charge in [-0.25, -0.2) is 0 Å². The SMILES string of the molecule is CCCCCCCCCC(S)(S)S.O=C(O)CCS.O=C(O)CCS.O=C(O)CCS.O=C(O)CCS.O=C(O)CCS.O=C(O)CCS.OCC(CO)(CO)CO.OCC(CO)(CO)CO. The summed E-state index contributed by atoms with van der Waals surface area (Å²) in [5, 5.41) is 115. The molecule has 0 rings (SSSR count). The first-order chi connectivity index (χ1) is 31.2. The maximum absolute atomic E-state index is 9.55. The Hall–Kier alpha value is -0.350. The number of carbonyl (C=O) groups is 6. The number of thiol groups is 9. The molecule has 14 N–H and O–H groups in total. The van der Waals surface area contributed by atoms with E-state index < -0.39 is 99.5 Å². The van der Waals surface area contributed by atoms with Gasteiger partial charge in [0.1, 0.15) is 0 Å². The summed E-state index contributed by atoms with van der Waals surface area (Å²) in [6, 6.07) is 0. The highest BCUT2D eigenvalue weighted by molar-refractivity contribution is 8.16. The van der Waals surface area contributed by atoms with Gasteiger partial charge in [-0.2, -0.15) is 114 Å². The van der Waals surface area contributed by atoms with Crippen LogP contribution in [0.4, 0.5) is 0 Å². The molecule has 0 amide bonds. The van der Waals surface area contributed by atoms with E-state index in [1.165, 1.54) is 44.9 Å². The maximum Gasteiger partial charge on any atom is 0.304 e. The van der Waals surface area contributed by atoms with Crippen molar-refractivity contribution < 1.29 is 100 Å². The van der Waals surface area contributed by atoms with Crippen molar-refractivity contribution in [1.82, 2.24) is 0 Å². The topological polar surface area (TPSA) is 386 Å². The molecule has 0 spiro atoms. The lowest BCUT2D eigenvalue weighted by molar-refractivity contribution is -0.137. The first-order valence-electron chi connectivity index (χ1n) is 20.2. The lowest BCUT2D eigenvalue weighted by Crippen LogP contribution is -2.37. The van der Waals surface area contributed by atoms with Gasteiger partial charge in [0.15, 0.2) is 0 Å². The van der Waals surface area contributed by atoms with E-state index in [4.69, 9.17) is 71.5 Å². The number of hydrogen-bond acceptors (Lipinski definition) is 23. The van der Waals surface area contributed by atoms with Crippen LogP contribution in [0, 0.1) is 10.8 Å². The van der Waals surface area contributed by atoms with Crippen LogP contribution in [-0.4, -0.2) is 198 Å². The van der Waals surface area contributed by atoms with E-state index >= 15 is 0 Å². The molecule has 0 aliphatic heterocycles. The fraction of sp³-hybridized carbons (Fsp3) is 0.842. The Morgan fingerprint density at radius 3 is 0.582 bits per heavy atom. The van der Waals surface area contributed by atoms with Gasteiger partial charge in [-0.15, -0.1) is 0 Å². The van der Waals surface area contributed by atoms with E-state index in [1.54, 1.807) is 0 Å². The molecular weight excluding hydrogens is 1070 g/mol. The molecule has 0 aromatic rings. The van der Waals surface area contributed by atoms with Crippen LogP contribution < -0.4 is 0 Å². The van der Waals surface area contributed by atoms with Gasteiger partial charge >= 0.3 is 35.8 Å².